The van der Waals surface area contributed by atoms with Crippen LogP contribution in [0.5, 0.6) is 5.75 Å². The average Bonchev–Trinajstić information content (AvgIpc) is 2.57. The van der Waals surface area contributed by atoms with E-state index in [0.29, 0.717) is 11.1 Å². The SMILES string of the molecule is CC1=C(C)C(Oc2ccc(C(F)(F)F)cc2)OC1=O. The van der Waals surface area contributed by atoms with Crippen molar-refractivity contribution in [1.29, 1.82) is 0 Å². The zero-order valence-electron chi connectivity index (χ0n) is 10.2. The molecule has 1 atom stereocenters. The minimum atomic E-state index is -4.38. The summed E-state index contributed by atoms with van der Waals surface area (Å²) in [5.74, 6) is -0.269. The van der Waals surface area contributed by atoms with Crippen LogP contribution in [0.4, 0.5) is 13.2 Å². The third kappa shape index (κ3) is 2.72. The molecule has 0 radical (unpaired) electrons. The Hall–Kier alpha value is -1.98. The molecular formula is C13H11F3O3. The van der Waals surface area contributed by atoms with Crippen molar-refractivity contribution >= 4 is 5.97 Å². The minimum absolute atomic E-state index is 0.208. The molecule has 0 amide bonds. The smallest absolute Gasteiger partial charge is 0.416 e. The predicted octanol–water partition coefficient (Wildman–Crippen LogP) is 3.30. The van der Waals surface area contributed by atoms with Crippen LogP contribution in [0.1, 0.15) is 19.4 Å². The van der Waals surface area contributed by atoms with Gasteiger partial charge < -0.3 is 9.47 Å². The number of carbonyl (C=O) groups is 1. The van der Waals surface area contributed by atoms with Crippen molar-refractivity contribution in [2.24, 2.45) is 0 Å². The van der Waals surface area contributed by atoms with Gasteiger partial charge in [-0.2, -0.15) is 13.2 Å². The third-order valence-corrected chi connectivity index (χ3v) is 2.89. The van der Waals surface area contributed by atoms with E-state index in [-0.39, 0.29) is 5.75 Å². The van der Waals surface area contributed by atoms with Crippen molar-refractivity contribution in [2.45, 2.75) is 26.3 Å². The maximum atomic E-state index is 12.4. The fraction of sp³-hybridized carbons (Fsp3) is 0.308. The van der Waals surface area contributed by atoms with Crippen molar-refractivity contribution in [2.75, 3.05) is 0 Å². The summed E-state index contributed by atoms with van der Waals surface area (Å²) in [4.78, 5) is 11.3. The summed E-state index contributed by atoms with van der Waals surface area (Å²) in [7, 11) is 0. The quantitative estimate of drug-likeness (QED) is 0.775. The lowest BCUT2D eigenvalue weighted by atomic mass is 10.2. The standard InChI is InChI=1S/C13H11F3O3/c1-7-8(2)12(19-11(7)17)18-10-5-3-9(4-6-10)13(14,15)16/h3-6,12H,1-2H3. The molecule has 19 heavy (non-hydrogen) atoms. The second-order valence-electron chi connectivity index (χ2n) is 4.19. The molecule has 0 N–H and O–H groups in total. The topological polar surface area (TPSA) is 35.5 Å². The van der Waals surface area contributed by atoms with Crippen molar-refractivity contribution in [1.82, 2.24) is 0 Å². The Bertz CT molecular complexity index is 529. The van der Waals surface area contributed by atoms with E-state index >= 15 is 0 Å². The number of cyclic esters (lactones) is 1. The van der Waals surface area contributed by atoms with E-state index in [4.69, 9.17) is 9.47 Å². The molecule has 0 saturated heterocycles. The number of hydrogen-bond donors (Lipinski definition) is 0. The summed E-state index contributed by atoms with van der Waals surface area (Å²) in [6.07, 6.45) is -5.26. The largest absolute Gasteiger partial charge is 0.451 e. The lowest BCUT2D eigenvalue weighted by Gasteiger charge is -2.15. The van der Waals surface area contributed by atoms with Crippen LogP contribution in [0.2, 0.25) is 0 Å². The highest BCUT2D eigenvalue weighted by Crippen LogP contribution is 2.31. The van der Waals surface area contributed by atoms with Gasteiger partial charge in [0.15, 0.2) is 0 Å². The summed E-state index contributed by atoms with van der Waals surface area (Å²) in [5.41, 5.74) is 0.313. The zero-order chi connectivity index (χ0) is 14.2. The second-order valence-corrected chi connectivity index (χ2v) is 4.19. The van der Waals surface area contributed by atoms with E-state index < -0.39 is 24.0 Å². The van der Waals surface area contributed by atoms with Gasteiger partial charge in [0.1, 0.15) is 5.75 Å². The highest BCUT2D eigenvalue weighted by Gasteiger charge is 2.32. The first kappa shape index (κ1) is 13.5. The number of alkyl halides is 3. The molecule has 0 aliphatic carbocycles. The maximum absolute atomic E-state index is 12.4. The van der Waals surface area contributed by atoms with Crippen molar-refractivity contribution in [3.8, 4) is 5.75 Å². The van der Waals surface area contributed by atoms with Crippen LogP contribution >= 0.6 is 0 Å². The van der Waals surface area contributed by atoms with Gasteiger partial charge in [0, 0.05) is 11.1 Å². The molecule has 6 heteroatoms. The lowest BCUT2D eigenvalue weighted by molar-refractivity contribution is -0.149. The van der Waals surface area contributed by atoms with E-state index in [2.05, 4.69) is 0 Å². The number of benzene rings is 1. The van der Waals surface area contributed by atoms with E-state index in [9.17, 15) is 18.0 Å². The lowest BCUT2D eigenvalue weighted by Crippen LogP contribution is -2.18. The van der Waals surface area contributed by atoms with E-state index in [1.54, 1.807) is 13.8 Å². The van der Waals surface area contributed by atoms with Crippen LogP contribution < -0.4 is 4.74 Å². The fourth-order valence-corrected chi connectivity index (χ4v) is 1.57. The van der Waals surface area contributed by atoms with Gasteiger partial charge in [-0.05, 0) is 38.1 Å². The summed E-state index contributed by atoms with van der Waals surface area (Å²) < 4.78 is 47.4. The molecule has 1 unspecified atom stereocenters. The van der Waals surface area contributed by atoms with Gasteiger partial charge in [-0.15, -0.1) is 0 Å². The highest BCUT2D eigenvalue weighted by atomic mass is 19.4. The molecule has 0 spiro atoms. The number of hydrogen-bond acceptors (Lipinski definition) is 3. The van der Waals surface area contributed by atoms with Crippen LogP contribution in [0.15, 0.2) is 35.4 Å². The normalized spacial score (nSPS) is 19.6. The van der Waals surface area contributed by atoms with Crippen LogP contribution in [0.25, 0.3) is 0 Å². The molecule has 1 aromatic carbocycles. The highest BCUT2D eigenvalue weighted by molar-refractivity contribution is 5.91. The van der Waals surface area contributed by atoms with Gasteiger partial charge in [-0.1, -0.05) is 0 Å². The van der Waals surface area contributed by atoms with Crippen LogP contribution in [-0.2, 0) is 15.7 Å². The average molecular weight is 272 g/mol. The molecule has 1 heterocycles. The van der Waals surface area contributed by atoms with Gasteiger partial charge in [0.25, 0.3) is 6.29 Å². The van der Waals surface area contributed by atoms with E-state index in [0.717, 1.165) is 12.1 Å². The van der Waals surface area contributed by atoms with Gasteiger partial charge in [-0.25, -0.2) is 4.79 Å². The Labute approximate surface area is 107 Å². The number of esters is 1. The molecule has 0 saturated carbocycles. The van der Waals surface area contributed by atoms with Crippen LogP contribution in [-0.4, -0.2) is 12.3 Å². The molecule has 0 fully saturated rings. The molecule has 2 rings (SSSR count). The molecule has 0 bridgehead atoms. The van der Waals surface area contributed by atoms with Gasteiger partial charge in [0.05, 0.1) is 5.56 Å². The zero-order valence-corrected chi connectivity index (χ0v) is 10.2. The van der Waals surface area contributed by atoms with Crippen LogP contribution in [0.3, 0.4) is 0 Å². The predicted molar refractivity (Wildman–Crippen MR) is 60.3 cm³/mol. The summed E-state index contributed by atoms with van der Waals surface area (Å²) in [6, 6.07) is 4.21. The first-order valence-corrected chi connectivity index (χ1v) is 5.51. The first-order valence-electron chi connectivity index (χ1n) is 5.51. The monoisotopic (exact) mass is 272 g/mol. The molecule has 1 aliphatic rings. The second kappa shape index (κ2) is 4.60. The minimum Gasteiger partial charge on any atom is -0.451 e. The third-order valence-electron chi connectivity index (χ3n) is 2.89. The van der Waals surface area contributed by atoms with Gasteiger partial charge in [-0.3, -0.25) is 0 Å². The molecule has 1 aliphatic heterocycles. The Balaban J connectivity index is 2.12. The number of halogens is 3. The number of carbonyl (C=O) groups excluding carboxylic acids is 1. The Morgan fingerprint density at radius 1 is 1.16 bits per heavy atom. The van der Waals surface area contributed by atoms with E-state index in [1.807, 2.05) is 0 Å². The molecule has 0 aromatic heterocycles. The molecular weight excluding hydrogens is 261 g/mol. The maximum Gasteiger partial charge on any atom is 0.416 e. The van der Waals surface area contributed by atoms with Gasteiger partial charge in [0.2, 0.25) is 0 Å². The number of rotatable bonds is 2. The summed E-state index contributed by atoms with van der Waals surface area (Å²) >= 11 is 0. The Morgan fingerprint density at radius 2 is 1.74 bits per heavy atom. The van der Waals surface area contributed by atoms with Crippen molar-refractivity contribution < 1.29 is 27.4 Å². The Morgan fingerprint density at radius 3 is 2.16 bits per heavy atom. The van der Waals surface area contributed by atoms with Crippen LogP contribution in [0, 0.1) is 0 Å². The first-order chi connectivity index (χ1) is 8.79. The van der Waals surface area contributed by atoms with Gasteiger partial charge >= 0.3 is 12.1 Å². The summed E-state index contributed by atoms with van der Waals surface area (Å²) in [6.45, 7) is 3.28. The number of ether oxygens (including phenoxy) is 2. The molecule has 102 valence electrons. The summed E-state index contributed by atoms with van der Waals surface area (Å²) in [5, 5.41) is 0. The molecule has 1 aromatic rings. The fourth-order valence-electron chi connectivity index (χ4n) is 1.57. The van der Waals surface area contributed by atoms with Crippen molar-refractivity contribution in [3.05, 3.63) is 41.0 Å². The van der Waals surface area contributed by atoms with E-state index in [1.165, 1.54) is 12.1 Å². The molecule has 3 nitrogen and oxygen atoms in total. The Kier molecular flexibility index (Phi) is 3.26. The van der Waals surface area contributed by atoms with Crippen molar-refractivity contribution in [3.63, 3.8) is 0 Å².